The maximum absolute atomic E-state index is 11.6. The number of ether oxygens (including phenoxy) is 4. The number of aliphatic hydroxyl groups is 1. The molecule has 282 valence electrons. The highest BCUT2D eigenvalue weighted by atomic mass is 16.6. The van der Waals surface area contributed by atoms with E-state index in [1.807, 2.05) is 115 Å². The maximum Gasteiger partial charge on any atom is 0.190 e. The number of aromatic nitrogens is 6. The molecule has 57 heavy (non-hydrogen) atoms. The Bertz CT molecular complexity index is 2740. The summed E-state index contributed by atoms with van der Waals surface area (Å²) < 4.78 is 26.5. The maximum atomic E-state index is 11.6. The topological polar surface area (TPSA) is 153 Å². The Labute approximate surface area is 327 Å². The van der Waals surface area contributed by atoms with Gasteiger partial charge < -0.3 is 29.8 Å². The van der Waals surface area contributed by atoms with E-state index in [-0.39, 0.29) is 18.8 Å². The number of nitrogens with zero attached hydrogens (tertiary/aromatic N) is 6. The summed E-state index contributed by atoms with van der Waals surface area (Å²) in [6.45, 7) is 0.0262. The predicted molar refractivity (Wildman–Crippen MR) is 216 cm³/mol. The lowest BCUT2D eigenvalue weighted by Gasteiger charge is -2.37. The number of hydrogen-bond acceptors (Lipinski definition) is 11. The van der Waals surface area contributed by atoms with Crippen molar-refractivity contribution in [1.82, 2.24) is 29.5 Å². The molecule has 12 nitrogen and oxygen atoms in total. The van der Waals surface area contributed by atoms with Gasteiger partial charge >= 0.3 is 0 Å². The fraction of sp³-hybridized carbons (Fsp3) is 0.178. The second-order valence-corrected chi connectivity index (χ2v) is 13.6. The molecule has 0 amide bonds. The van der Waals surface area contributed by atoms with E-state index in [1.165, 1.54) is 6.33 Å². The molecule has 1 aliphatic heterocycles. The molecule has 0 unspecified atom stereocenters. The molecular weight excluding hydrogens is 719 g/mol. The van der Waals surface area contributed by atoms with Crippen LogP contribution >= 0.6 is 0 Å². The molecular formula is C45H37N7O5. The molecule has 3 N–H and O–H groups in total. The molecule has 4 aromatic heterocycles. The summed E-state index contributed by atoms with van der Waals surface area (Å²) in [5.41, 5.74) is 10.7. The van der Waals surface area contributed by atoms with Crippen molar-refractivity contribution in [3.05, 3.63) is 156 Å². The van der Waals surface area contributed by atoms with Gasteiger partial charge in [-0.3, -0.25) is 9.55 Å². The molecule has 3 atom stereocenters. The smallest absolute Gasteiger partial charge is 0.190 e. The number of methoxy groups -OCH3 is 2. The van der Waals surface area contributed by atoms with Crippen LogP contribution in [0.3, 0.4) is 0 Å². The quantitative estimate of drug-likeness (QED) is 0.0934. The monoisotopic (exact) mass is 755 g/mol. The Kier molecular flexibility index (Phi) is 9.39. The van der Waals surface area contributed by atoms with E-state index in [0.717, 1.165) is 38.5 Å². The van der Waals surface area contributed by atoms with Crippen molar-refractivity contribution in [3.8, 4) is 23.3 Å². The number of nitrogen functional groups attached to an aromatic ring is 1. The van der Waals surface area contributed by atoms with E-state index >= 15 is 0 Å². The minimum atomic E-state index is -1.10. The zero-order chi connectivity index (χ0) is 38.9. The molecule has 5 heterocycles. The predicted octanol–water partition coefficient (Wildman–Crippen LogP) is 6.58. The van der Waals surface area contributed by atoms with Gasteiger partial charge in [-0.15, -0.1) is 0 Å². The molecule has 12 heteroatoms. The highest BCUT2D eigenvalue weighted by Crippen LogP contribution is 2.43. The number of pyridine rings is 2. The Hall–Kier alpha value is -6.91. The van der Waals surface area contributed by atoms with Crippen LogP contribution in [0.25, 0.3) is 33.0 Å². The van der Waals surface area contributed by atoms with Gasteiger partial charge in [0.15, 0.2) is 22.8 Å². The number of nitrogens with two attached hydrogens (primary N) is 1. The van der Waals surface area contributed by atoms with Gasteiger partial charge in [-0.1, -0.05) is 72.8 Å². The molecule has 4 aromatic carbocycles. The first kappa shape index (κ1) is 35.8. The van der Waals surface area contributed by atoms with E-state index in [1.54, 1.807) is 25.0 Å². The lowest BCUT2D eigenvalue weighted by atomic mass is 9.80. The van der Waals surface area contributed by atoms with Crippen molar-refractivity contribution in [2.24, 2.45) is 0 Å². The Morgan fingerprint density at radius 2 is 1.40 bits per heavy atom. The third-order valence-corrected chi connectivity index (χ3v) is 10.4. The van der Waals surface area contributed by atoms with E-state index < -0.39 is 24.0 Å². The molecule has 0 bridgehead atoms. The van der Waals surface area contributed by atoms with Crippen molar-refractivity contribution in [2.75, 3.05) is 26.6 Å². The van der Waals surface area contributed by atoms with Crippen LogP contribution in [0, 0.1) is 11.8 Å². The van der Waals surface area contributed by atoms with Crippen LogP contribution in [-0.2, 0) is 15.1 Å². The summed E-state index contributed by atoms with van der Waals surface area (Å²) in [6, 6.07) is 37.3. The Balaban J connectivity index is 1.07. The van der Waals surface area contributed by atoms with Crippen LogP contribution in [-0.4, -0.2) is 67.6 Å². The van der Waals surface area contributed by atoms with E-state index in [2.05, 4.69) is 26.8 Å². The van der Waals surface area contributed by atoms with Crippen molar-refractivity contribution in [1.29, 1.82) is 0 Å². The Morgan fingerprint density at radius 3 is 2.11 bits per heavy atom. The van der Waals surface area contributed by atoms with Crippen LogP contribution in [0.5, 0.6) is 11.5 Å². The summed E-state index contributed by atoms with van der Waals surface area (Å²) in [5.74, 6) is 8.33. The SMILES string of the molecule is COc1ccc(C(OC[C@H]2O[C@@H](n3c(C#Cc4ccc5ccc6cccnc6c5n4)nc4c(N)ncnc43)C[C@@H]2O)(c2ccccc2)c2ccc(OC)cc2)cc1. The van der Waals surface area contributed by atoms with E-state index in [9.17, 15) is 5.11 Å². The average Bonchev–Trinajstić information content (AvgIpc) is 3.83. The fourth-order valence-electron chi connectivity index (χ4n) is 7.50. The first-order valence-corrected chi connectivity index (χ1v) is 18.4. The van der Waals surface area contributed by atoms with Crippen molar-refractivity contribution >= 4 is 38.8 Å². The summed E-state index contributed by atoms with van der Waals surface area (Å²) >= 11 is 0. The number of anilines is 1. The second-order valence-electron chi connectivity index (χ2n) is 13.6. The highest BCUT2D eigenvalue weighted by molar-refractivity contribution is 6.02. The van der Waals surface area contributed by atoms with Gasteiger partial charge in [0, 0.05) is 23.4 Å². The zero-order valence-corrected chi connectivity index (χ0v) is 31.1. The van der Waals surface area contributed by atoms with Crippen molar-refractivity contribution < 1.29 is 24.1 Å². The first-order valence-electron chi connectivity index (χ1n) is 18.4. The minimum Gasteiger partial charge on any atom is -0.497 e. The fourth-order valence-corrected chi connectivity index (χ4v) is 7.50. The van der Waals surface area contributed by atoms with Gasteiger partial charge in [0.05, 0.1) is 38.0 Å². The standard InChI is InChI=1S/C45H37N7O5/c1-54-34-19-13-31(14-20-34)45(30-8-4-3-5-9-30,32-15-21-35(55-2)22-16-32)56-26-37-36(53)25-39(57-37)52-38(51-42-43(46)48-27-49-44(42)52)23-18-33-17-12-29-11-10-28-7-6-24-47-40(28)41(29)50-33/h3-17,19-22,24,27,36-37,39,53H,25-26H2,1-2H3,(H2,46,48,49)/t36-,37+,39+/m0/s1. The summed E-state index contributed by atoms with van der Waals surface area (Å²) in [6.07, 6.45) is 0.991. The van der Waals surface area contributed by atoms with Gasteiger partial charge in [0.1, 0.15) is 41.5 Å². The largest absolute Gasteiger partial charge is 0.497 e. The first-order chi connectivity index (χ1) is 27.9. The third-order valence-electron chi connectivity index (χ3n) is 10.4. The van der Waals surface area contributed by atoms with Gasteiger partial charge in [-0.25, -0.2) is 19.9 Å². The van der Waals surface area contributed by atoms with Crippen LogP contribution in [0.4, 0.5) is 5.82 Å². The molecule has 0 saturated carbocycles. The van der Waals surface area contributed by atoms with Gasteiger partial charge in [0.2, 0.25) is 0 Å². The lowest BCUT2D eigenvalue weighted by Crippen LogP contribution is -2.38. The highest BCUT2D eigenvalue weighted by Gasteiger charge is 2.42. The van der Waals surface area contributed by atoms with Crippen molar-refractivity contribution in [3.63, 3.8) is 0 Å². The number of aliphatic hydroxyl groups excluding tert-OH is 1. The number of benzene rings is 4. The molecule has 0 spiro atoms. The minimum absolute atomic E-state index is 0.0262. The average molecular weight is 756 g/mol. The van der Waals surface area contributed by atoms with Gasteiger partial charge in [-0.05, 0) is 71.0 Å². The molecule has 9 rings (SSSR count). The summed E-state index contributed by atoms with van der Waals surface area (Å²) in [5, 5.41) is 13.6. The van der Waals surface area contributed by atoms with Gasteiger partial charge in [-0.2, -0.15) is 0 Å². The third kappa shape index (κ3) is 6.53. The molecule has 1 fully saturated rings. The van der Waals surface area contributed by atoms with Crippen molar-refractivity contribution in [2.45, 2.75) is 30.5 Å². The Morgan fingerprint density at radius 1 is 0.737 bits per heavy atom. The lowest BCUT2D eigenvalue weighted by molar-refractivity contribution is -0.0932. The van der Waals surface area contributed by atoms with E-state index in [4.69, 9.17) is 34.6 Å². The molecule has 0 radical (unpaired) electrons. The normalized spacial score (nSPS) is 16.8. The molecule has 1 aliphatic rings. The molecule has 0 aliphatic carbocycles. The van der Waals surface area contributed by atoms with Crippen LogP contribution in [0.2, 0.25) is 0 Å². The molecule has 8 aromatic rings. The number of hydrogen-bond donors (Lipinski definition) is 2. The van der Waals surface area contributed by atoms with Gasteiger partial charge in [0.25, 0.3) is 0 Å². The number of rotatable bonds is 9. The van der Waals surface area contributed by atoms with Crippen LogP contribution < -0.4 is 15.2 Å². The summed E-state index contributed by atoms with van der Waals surface area (Å²) in [7, 11) is 3.27. The number of fused-ring (bicyclic) bond motifs is 4. The van der Waals surface area contributed by atoms with E-state index in [0.29, 0.717) is 34.2 Å². The zero-order valence-electron chi connectivity index (χ0n) is 31.1. The van der Waals surface area contributed by atoms with Crippen LogP contribution in [0.15, 0.2) is 128 Å². The number of imidazole rings is 1. The van der Waals surface area contributed by atoms with Crippen LogP contribution in [0.1, 0.15) is 40.9 Å². The summed E-state index contributed by atoms with van der Waals surface area (Å²) in [4.78, 5) is 22.9. The molecule has 1 saturated heterocycles. The second kappa shape index (κ2) is 15.0.